The second-order valence-electron chi connectivity index (χ2n) is 5.85. The molecule has 1 aromatic carbocycles. The number of para-hydroxylation sites is 1. The van der Waals surface area contributed by atoms with Crippen molar-refractivity contribution in [2.24, 2.45) is 0 Å². The van der Waals surface area contributed by atoms with Gasteiger partial charge in [-0.25, -0.2) is 0 Å². The van der Waals surface area contributed by atoms with E-state index in [1.165, 1.54) is 27.8 Å². The number of benzene rings is 1. The first-order valence-electron chi connectivity index (χ1n) is 8.10. The van der Waals surface area contributed by atoms with Crippen LogP contribution in [0.5, 0.6) is 0 Å². The summed E-state index contributed by atoms with van der Waals surface area (Å²) in [7, 11) is 0. The molecule has 0 bridgehead atoms. The van der Waals surface area contributed by atoms with Gasteiger partial charge >= 0.3 is 0 Å². The van der Waals surface area contributed by atoms with Crippen molar-refractivity contribution in [2.45, 2.75) is 39.3 Å². The third kappa shape index (κ3) is 3.48. The van der Waals surface area contributed by atoms with Crippen LogP contribution in [0.2, 0.25) is 0 Å². The van der Waals surface area contributed by atoms with Gasteiger partial charge in [-0.15, -0.1) is 11.3 Å². The summed E-state index contributed by atoms with van der Waals surface area (Å²) >= 11 is 1.48. The van der Waals surface area contributed by atoms with Crippen molar-refractivity contribution in [1.29, 1.82) is 0 Å². The van der Waals surface area contributed by atoms with Gasteiger partial charge in [0.05, 0.1) is 4.88 Å². The zero-order valence-electron chi connectivity index (χ0n) is 13.6. The maximum absolute atomic E-state index is 12.1. The summed E-state index contributed by atoms with van der Waals surface area (Å²) in [6.45, 7) is 5.22. The van der Waals surface area contributed by atoms with Gasteiger partial charge in [0.1, 0.15) is 0 Å². The fourth-order valence-corrected chi connectivity index (χ4v) is 3.56. The van der Waals surface area contributed by atoms with Crippen LogP contribution < -0.4 is 5.32 Å². The first-order chi connectivity index (χ1) is 11.2. The van der Waals surface area contributed by atoms with Crippen LogP contribution >= 0.6 is 11.3 Å². The van der Waals surface area contributed by atoms with E-state index in [0.29, 0.717) is 0 Å². The van der Waals surface area contributed by atoms with E-state index in [2.05, 4.69) is 54.2 Å². The predicted octanol–water partition coefficient (Wildman–Crippen LogP) is 4.47. The maximum Gasteiger partial charge on any atom is 0.261 e. The van der Waals surface area contributed by atoms with Gasteiger partial charge in [0.15, 0.2) is 0 Å². The molecule has 3 nitrogen and oxygen atoms in total. The molecule has 0 fully saturated rings. The Kier molecular flexibility index (Phi) is 4.82. The van der Waals surface area contributed by atoms with Crippen molar-refractivity contribution in [3.63, 3.8) is 0 Å². The van der Waals surface area contributed by atoms with Gasteiger partial charge in [-0.05, 0) is 49.8 Å². The molecule has 0 aliphatic carbocycles. The summed E-state index contributed by atoms with van der Waals surface area (Å²) in [5.74, 6) is 0.0310. The van der Waals surface area contributed by atoms with Gasteiger partial charge in [0.25, 0.3) is 5.91 Å². The van der Waals surface area contributed by atoms with Crippen LogP contribution in [0.15, 0.2) is 48.0 Å². The molecule has 1 atom stereocenters. The molecule has 1 amide bonds. The molecule has 4 heteroatoms. The van der Waals surface area contributed by atoms with Gasteiger partial charge in [-0.1, -0.05) is 24.3 Å². The summed E-state index contributed by atoms with van der Waals surface area (Å²) in [6, 6.07) is 12.5. The van der Waals surface area contributed by atoms with E-state index in [1.807, 2.05) is 17.5 Å². The topological polar surface area (TPSA) is 34.0 Å². The Bertz CT molecular complexity index is 789. The smallest absolute Gasteiger partial charge is 0.261 e. The molecule has 0 saturated carbocycles. The summed E-state index contributed by atoms with van der Waals surface area (Å²) in [5.41, 5.74) is 2.65. The standard InChI is InChI=1S/C19H22N2OS/c1-3-21-13-15(16-7-4-5-8-17(16)21)11-10-14(2)20-19(22)18-9-6-12-23-18/h4-9,12-14H,3,10-11H2,1-2H3,(H,20,22). The van der Waals surface area contributed by atoms with Crippen molar-refractivity contribution < 1.29 is 4.79 Å². The average molecular weight is 326 g/mol. The largest absolute Gasteiger partial charge is 0.349 e. The van der Waals surface area contributed by atoms with Crippen molar-refractivity contribution in [1.82, 2.24) is 9.88 Å². The van der Waals surface area contributed by atoms with Gasteiger partial charge in [-0.3, -0.25) is 4.79 Å². The Morgan fingerprint density at radius 3 is 2.83 bits per heavy atom. The molecular formula is C19H22N2OS. The lowest BCUT2D eigenvalue weighted by molar-refractivity contribution is 0.0942. The van der Waals surface area contributed by atoms with Crippen LogP contribution in [0.4, 0.5) is 0 Å². The Morgan fingerprint density at radius 2 is 2.09 bits per heavy atom. The molecule has 0 spiro atoms. The van der Waals surface area contributed by atoms with E-state index in [4.69, 9.17) is 0 Å². The van der Waals surface area contributed by atoms with Crippen molar-refractivity contribution in [2.75, 3.05) is 0 Å². The van der Waals surface area contributed by atoms with Crippen LogP contribution in [0, 0.1) is 0 Å². The molecule has 0 aliphatic rings. The van der Waals surface area contributed by atoms with Gasteiger partial charge in [0, 0.05) is 29.7 Å². The maximum atomic E-state index is 12.1. The number of thiophene rings is 1. The molecule has 3 aromatic rings. The Hall–Kier alpha value is -2.07. The lowest BCUT2D eigenvalue weighted by Gasteiger charge is -2.12. The van der Waals surface area contributed by atoms with Crippen molar-refractivity contribution >= 4 is 28.1 Å². The lowest BCUT2D eigenvalue weighted by atomic mass is 10.1. The number of rotatable bonds is 6. The van der Waals surface area contributed by atoms with Gasteiger partial charge in [-0.2, -0.15) is 0 Å². The van der Waals surface area contributed by atoms with E-state index >= 15 is 0 Å². The third-order valence-corrected chi connectivity index (χ3v) is 5.05. The highest BCUT2D eigenvalue weighted by molar-refractivity contribution is 7.12. The lowest BCUT2D eigenvalue weighted by Crippen LogP contribution is -2.32. The first kappa shape index (κ1) is 15.8. The minimum absolute atomic E-state index is 0.0310. The molecular weight excluding hydrogens is 304 g/mol. The molecule has 1 N–H and O–H groups in total. The van der Waals surface area contributed by atoms with Crippen LogP contribution in [-0.4, -0.2) is 16.5 Å². The SMILES string of the molecule is CCn1cc(CCC(C)NC(=O)c2cccs2)c2ccccc21. The summed E-state index contributed by atoms with van der Waals surface area (Å²) < 4.78 is 2.29. The highest BCUT2D eigenvalue weighted by Crippen LogP contribution is 2.23. The molecule has 0 radical (unpaired) electrons. The van der Waals surface area contributed by atoms with Crippen molar-refractivity contribution in [3.8, 4) is 0 Å². The number of carbonyl (C=O) groups is 1. The predicted molar refractivity (Wildman–Crippen MR) is 97.2 cm³/mol. The minimum Gasteiger partial charge on any atom is -0.349 e. The van der Waals surface area contributed by atoms with Crippen LogP contribution in [0.25, 0.3) is 10.9 Å². The minimum atomic E-state index is 0.0310. The van der Waals surface area contributed by atoms with Crippen LogP contribution in [-0.2, 0) is 13.0 Å². The number of hydrogen-bond donors (Lipinski definition) is 1. The second-order valence-corrected chi connectivity index (χ2v) is 6.80. The highest BCUT2D eigenvalue weighted by atomic mass is 32.1. The fourth-order valence-electron chi connectivity index (χ4n) is 2.93. The van der Waals surface area contributed by atoms with Gasteiger partial charge in [0.2, 0.25) is 0 Å². The molecule has 2 heterocycles. The zero-order valence-corrected chi connectivity index (χ0v) is 14.4. The Balaban J connectivity index is 1.65. The van der Waals surface area contributed by atoms with E-state index < -0.39 is 0 Å². The summed E-state index contributed by atoms with van der Waals surface area (Å²) in [4.78, 5) is 12.9. The van der Waals surface area contributed by atoms with E-state index in [9.17, 15) is 4.79 Å². The average Bonchev–Trinajstić information content (AvgIpc) is 3.21. The van der Waals surface area contributed by atoms with E-state index in [0.717, 1.165) is 24.3 Å². The molecule has 1 unspecified atom stereocenters. The molecule has 0 saturated heterocycles. The monoisotopic (exact) mass is 326 g/mol. The first-order valence-corrected chi connectivity index (χ1v) is 8.98. The molecule has 2 aromatic heterocycles. The number of nitrogens with one attached hydrogen (secondary N) is 1. The zero-order chi connectivity index (χ0) is 16.2. The molecule has 120 valence electrons. The Morgan fingerprint density at radius 1 is 1.26 bits per heavy atom. The number of amides is 1. The Labute approximate surface area is 140 Å². The number of carbonyl (C=O) groups excluding carboxylic acids is 1. The number of nitrogens with zero attached hydrogens (tertiary/aromatic N) is 1. The summed E-state index contributed by atoms with van der Waals surface area (Å²) in [5, 5.41) is 6.34. The summed E-state index contributed by atoms with van der Waals surface area (Å²) in [6.07, 6.45) is 4.16. The fraction of sp³-hybridized carbons (Fsp3) is 0.316. The molecule has 3 rings (SSSR count). The van der Waals surface area contributed by atoms with E-state index in [-0.39, 0.29) is 11.9 Å². The number of hydrogen-bond acceptors (Lipinski definition) is 2. The molecule has 23 heavy (non-hydrogen) atoms. The number of aryl methyl sites for hydroxylation is 2. The highest BCUT2D eigenvalue weighted by Gasteiger charge is 2.12. The normalized spacial score (nSPS) is 12.4. The van der Waals surface area contributed by atoms with Crippen LogP contribution in [0.3, 0.4) is 0 Å². The number of fused-ring (bicyclic) bond motifs is 1. The molecule has 0 aliphatic heterocycles. The number of aromatic nitrogens is 1. The second kappa shape index (κ2) is 7.01. The third-order valence-electron chi connectivity index (χ3n) is 4.18. The van der Waals surface area contributed by atoms with Crippen LogP contribution in [0.1, 0.15) is 35.5 Å². The van der Waals surface area contributed by atoms with Gasteiger partial charge < -0.3 is 9.88 Å². The van der Waals surface area contributed by atoms with E-state index in [1.54, 1.807) is 0 Å². The van der Waals surface area contributed by atoms with Crippen molar-refractivity contribution in [3.05, 3.63) is 58.4 Å². The quantitative estimate of drug-likeness (QED) is 0.712.